The van der Waals surface area contributed by atoms with Gasteiger partial charge in [0.05, 0.1) is 0 Å². The number of aryl methyl sites for hydroxylation is 2. The van der Waals surface area contributed by atoms with Crippen LogP contribution in [0.25, 0.3) is 0 Å². The number of carbonyl (C=O) groups is 2. The molecule has 0 aromatic heterocycles. The van der Waals surface area contributed by atoms with E-state index in [2.05, 4.69) is 5.32 Å². The molecule has 1 aliphatic carbocycles. The van der Waals surface area contributed by atoms with Crippen LogP contribution >= 0.6 is 0 Å². The van der Waals surface area contributed by atoms with E-state index in [1.165, 1.54) is 5.56 Å². The van der Waals surface area contributed by atoms with Crippen LogP contribution in [-0.4, -0.2) is 35.4 Å². The number of benzene rings is 2. The van der Waals surface area contributed by atoms with Crippen molar-refractivity contribution in [3.05, 3.63) is 65.2 Å². The fourth-order valence-corrected chi connectivity index (χ4v) is 3.79. The summed E-state index contributed by atoms with van der Waals surface area (Å²) < 4.78 is 5.76. The molecular weight excluding hydrogens is 376 g/mol. The Bertz CT molecular complexity index is 860. The van der Waals surface area contributed by atoms with Gasteiger partial charge in [0.15, 0.2) is 6.61 Å². The molecule has 2 aromatic rings. The van der Waals surface area contributed by atoms with Crippen LogP contribution in [0.1, 0.15) is 49.3 Å². The van der Waals surface area contributed by atoms with Crippen molar-refractivity contribution in [2.45, 2.75) is 65.1 Å². The summed E-state index contributed by atoms with van der Waals surface area (Å²) in [6.45, 7) is 6.12. The van der Waals surface area contributed by atoms with E-state index in [9.17, 15) is 9.59 Å². The summed E-state index contributed by atoms with van der Waals surface area (Å²) in [4.78, 5) is 27.5. The normalized spacial score (nSPS) is 14.9. The third-order valence-corrected chi connectivity index (χ3v) is 5.91. The lowest BCUT2D eigenvalue weighted by Crippen LogP contribution is -2.50. The van der Waals surface area contributed by atoms with Gasteiger partial charge in [0.25, 0.3) is 5.91 Å². The smallest absolute Gasteiger partial charge is 0.261 e. The van der Waals surface area contributed by atoms with Crippen molar-refractivity contribution >= 4 is 11.8 Å². The molecule has 1 aliphatic rings. The first-order valence-corrected chi connectivity index (χ1v) is 10.8. The minimum atomic E-state index is -0.568. The molecule has 1 N–H and O–H groups in total. The van der Waals surface area contributed by atoms with E-state index < -0.39 is 6.04 Å². The van der Waals surface area contributed by atoms with Crippen LogP contribution in [0.3, 0.4) is 0 Å². The maximum Gasteiger partial charge on any atom is 0.261 e. The Hall–Kier alpha value is -2.82. The van der Waals surface area contributed by atoms with Gasteiger partial charge in [-0.15, -0.1) is 0 Å². The Balaban J connectivity index is 1.69. The van der Waals surface area contributed by atoms with Gasteiger partial charge in [-0.05, 0) is 62.4 Å². The first-order valence-electron chi connectivity index (χ1n) is 10.8. The third-order valence-electron chi connectivity index (χ3n) is 5.91. The van der Waals surface area contributed by atoms with Crippen LogP contribution in [0.2, 0.25) is 0 Å². The average molecular weight is 409 g/mol. The molecule has 2 aromatic carbocycles. The second kappa shape index (κ2) is 10.3. The van der Waals surface area contributed by atoms with Crippen LogP contribution < -0.4 is 10.1 Å². The van der Waals surface area contributed by atoms with Crippen molar-refractivity contribution in [1.82, 2.24) is 10.2 Å². The zero-order chi connectivity index (χ0) is 21.5. The summed E-state index contributed by atoms with van der Waals surface area (Å²) in [7, 11) is 0. The second-order valence-electron chi connectivity index (χ2n) is 8.21. The molecule has 3 rings (SSSR count). The summed E-state index contributed by atoms with van der Waals surface area (Å²) in [6.07, 6.45) is 4.33. The highest BCUT2D eigenvalue weighted by Crippen LogP contribution is 2.19. The Morgan fingerprint density at radius 1 is 1.07 bits per heavy atom. The number of carbonyl (C=O) groups excluding carboxylic acids is 2. The van der Waals surface area contributed by atoms with Crippen LogP contribution in [0.15, 0.2) is 48.5 Å². The van der Waals surface area contributed by atoms with Crippen molar-refractivity contribution < 1.29 is 14.3 Å². The van der Waals surface area contributed by atoms with Crippen molar-refractivity contribution in [3.8, 4) is 5.75 Å². The lowest BCUT2D eigenvalue weighted by atomic mass is 10.1. The van der Waals surface area contributed by atoms with Crippen molar-refractivity contribution in [1.29, 1.82) is 0 Å². The van der Waals surface area contributed by atoms with E-state index in [1.54, 1.807) is 11.8 Å². The van der Waals surface area contributed by atoms with Crippen LogP contribution in [-0.2, 0) is 16.1 Å². The number of hydrogen-bond acceptors (Lipinski definition) is 3. The molecule has 0 spiro atoms. The van der Waals surface area contributed by atoms with E-state index in [-0.39, 0.29) is 24.5 Å². The molecule has 160 valence electrons. The fourth-order valence-electron chi connectivity index (χ4n) is 3.79. The van der Waals surface area contributed by atoms with Gasteiger partial charge in [0.1, 0.15) is 11.8 Å². The monoisotopic (exact) mass is 408 g/mol. The van der Waals surface area contributed by atoms with E-state index in [0.717, 1.165) is 36.8 Å². The molecule has 0 bridgehead atoms. The lowest BCUT2D eigenvalue weighted by molar-refractivity contribution is -0.142. The van der Waals surface area contributed by atoms with Gasteiger partial charge in [-0.1, -0.05) is 49.2 Å². The Morgan fingerprint density at radius 2 is 1.77 bits per heavy atom. The predicted molar refractivity (Wildman–Crippen MR) is 118 cm³/mol. The summed E-state index contributed by atoms with van der Waals surface area (Å²) in [5.41, 5.74) is 3.28. The number of nitrogens with one attached hydrogen (secondary N) is 1. The maximum atomic E-state index is 13.1. The van der Waals surface area contributed by atoms with E-state index >= 15 is 0 Å². The molecule has 1 atom stereocenters. The van der Waals surface area contributed by atoms with Crippen molar-refractivity contribution in [2.75, 3.05) is 6.61 Å². The fraction of sp³-hybridized carbons (Fsp3) is 0.440. The topological polar surface area (TPSA) is 58.6 Å². The van der Waals surface area contributed by atoms with Gasteiger partial charge in [-0.25, -0.2) is 0 Å². The summed E-state index contributed by atoms with van der Waals surface area (Å²) in [5, 5.41) is 3.11. The summed E-state index contributed by atoms with van der Waals surface area (Å²) in [6, 6.07) is 15.2. The number of hydrogen-bond donors (Lipinski definition) is 1. The van der Waals surface area contributed by atoms with Gasteiger partial charge in [-0.2, -0.15) is 0 Å². The second-order valence-corrected chi connectivity index (χ2v) is 8.21. The minimum Gasteiger partial charge on any atom is -0.484 e. The maximum absolute atomic E-state index is 13.1. The predicted octanol–water partition coefficient (Wildman–Crippen LogP) is 4.16. The molecule has 1 saturated carbocycles. The first kappa shape index (κ1) is 21.9. The Labute approximate surface area is 179 Å². The number of rotatable bonds is 8. The molecule has 5 nitrogen and oxygen atoms in total. The minimum absolute atomic E-state index is 0.0997. The van der Waals surface area contributed by atoms with Crippen molar-refractivity contribution in [3.63, 3.8) is 0 Å². The molecule has 1 fully saturated rings. The van der Waals surface area contributed by atoms with Gasteiger partial charge in [0, 0.05) is 12.6 Å². The zero-order valence-corrected chi connectivity index (χ0v) is 18.2. The Kier molecular flexibility index (Phi) is 7.50. The van der Waals surface area contributed by atoms with E-state index in [4.69, 9.17) is 4.74 Å². The average Bonchev–Trinajstić information content (AvgIpc) is 3.26. The first-order chi connectivity index (χ1) is 14.4. The molecule has 0 heterocycles. The molecule has 5 heteroatoms. The lowest BCUT2D eigenvalue weighted by Gasteiger charge is -2.29. The van der Waals surface area contributed by atoms with Gasteiger partial charge < -0.3 is 15.0 Å². The SMILES string of the molecule is Cc1ccc(OCC(=O)N(Cc2ccccc2)C(C)C(=O)NC2CCCC2)cc1C. The number of amides is 2. The van der Waals surface area contributed by atoms with Gasteiger partial charge in [0.2, 0.25) is 5.91 Å². The van der Waals surface area contributed by atoms with E-state index in [0.29, 0.717) is 12.3 Å². The standard InChI is InChI=1S/C25H32N2O3/c1-18-13-14-23(15-19(18)2)30-17-24(28)27(16-21-9-5-4-6-10-21)20(3)25(29)26-22-11-7-8-12-22/h4-6,9-10,13-15,20,22H,7-8,11-12,16-17H2,1-3H3,(H,26,29). The highest BCUT2D eigenvalue weighted by atomic mass is 16.5. The third kappa shape index (κ3) is 5.85. The molecule has 30 heavy (non-hydrogen) atoms. The zero-order valence-electron chi connectivity index (χ0n) is 18.2. The molecule has 1 unspecified atom stereocenters. The highest BCUT2D eigenvalue weighted by Gasteiger charge is 2.28. The molecule has 0 aliphatic heterocycles. The highest BCUT2D eigenvalue weighted by molar-refractivity contribution is 5.88. The van der Waals surface area contributed by atoms with Crippen LogP contribution in [0, 0.1) is 13.8 Å². The molecule has 0 radical (unpaired) electrons. The van der Waals surface area contributed by atoms with Gasteiger partial charge in [-0.3, -0.25) is 9.59 Å². The van der Waals surface area contributed by atoms with Gasteiger partial charge >= 0.3 is 0 Å². The van der Waals surface area contributed by atoms with Crippen LogP contribution in [0.5, 0.6) is 5.75 Å². The van der Waals surface area contributed by atoms with Crippen LogP contribution in [0.4, 0.5) is 0 Å². The van der Waals surface area contributed by atoms with Crippen molar-refractivity contribution in [2.24, 2.45) is 0 Å². The Morgan fingerprint density at radius 3 is 2.43 bits per heavy atom. The molecule has 2 amide bonds. The molecule has 0 saturated heterocycles. The summed E-state index contributed by atoms with van der Waals surface area (Å²) in [5.74, 6) is 0.359. The number of ether oxygens (including phenoxy) is 1. The largest absolute Gasteiger partial charge is 0.484 e. The quantitative estimate of drug-likeness (QED) is 0.714. The van der Waals surface area contributed by atoms with E-state index in [1.807, 2.05) is 62.4 Å². The summed E-state index contributed by atoms with van der Waals surface area (Å²) >= 11 is 0. The number of nitrogens with zero attached hydrogens (tertiary/aromatic N) is 1. The molecular formula is C25H32N2O3.